The van der Waals surface area contributed by atoms with Gasteiger partial charge in [-0.3, -0.25) is 4.79 Å². The average molecular weight is 193 g/mol. The molecule has 1 rings (SSSR count). The molecule has 1 N–H and O–H groups in total. The third kappa shape index (κ3) is 2.76. The Morgan fingerprint density at radius 1 is 1.43 bits per heavy atom. The number of benzene rings is 1. The predicted molar refractivity (Wildman–Crippen MR) is 56.4 cm³/mol. The van der Waals surface area contributed by atoms with E-state index in [-0.39, 0.29) is 12.5 Å². The molecule has 0 spiro atoms. The summed E-state index contributed by atoms with van der Waals surface area (Å²) in [6.45, 7) is 4.25. The van der Waals surface area contributed by atoms with Crippen LogP contribution in [0.1, 0.15) is 11.1 Å². The smallest absolute Gasteiger partial charge is 0.325 e. The SMILES string of the molecule is COC(=O)CNc1ccc(C)cc1C. The van der Waals surface area contributed by atoms with E-state index in [1.165, 1.54) is 12.7 Å². The lowest BCUT2D eigenvalue weighted by atomic mass is 10.1. The maximum absolute atomic E-state index is 10.9. The van der Waals surface area contributed by atoms with E-state index >= 15 is 0 Å². The normalized spacial score (nSPS) is 9.64. The summed E-state index contributed by atoms with van der Waals surface area (Å²) in [7, 11) is 1.38. The minimum atomic E-state index is -0.259. The molecule has 0 aliphatic heterocycles. The first-order valence-corrected chi connectivity index (χ1v) is 4.51. The standard InChI is InChI=1S/C11H15NO2/c1-8-4-5-10(9(2)6-8)12-7-11(13)14-3/h4-6,12H,7H2,1-3H3. The zero-order valence-corrected chi connectivity index (χ0v) is 8.76. The van der Waals surface area contributed by atoms with Crippen LogP contribution in [0.5, 0.6) is 0 Å². The van der Waals surface area contributed by atoms with E-state index in [9.17, 15) is 4.79 Å². The summed E-state index contributed by atoms with van der Waals surface area (Å²) in [6, 6.07) is 6.04. The van der Waals surface area contributed by atoms with E-state index < -0.39 is 0 Å². The van der Waals surface area contributed by atoms with Crippen LogP contribution in [-0.2, 0) is 9.53 Å². The van der Waals surface area contributed by atoms with Gasteiger partial charge in [0.1, 0.15) is 6.54 Å². The molecule has 76 valence electrons. The molecule has 0 aliphatic rings. The molecule has 1 aromatic carbocycles. The highest BCUT2D eigenvalue weighted by molar-refractivity contribution is 5.75. The molecule has 14 heavy (non-hydrogen) atoms. The van der Waals surface area contributed by atoms with Crippen LogP contribution in [0, 0.1) is 13.8 Å². The Morgan fingerprint density at radius 2 is 2.14 bits per heavy atom. The van der Waals surface area contributed by atoms with Gasteiger partial charge in [-0.1, -0.05) is 17.7 Å². The van der Waals surface area contributed by atoms with E-state index in [1.54, 1.807) is 0 Å². The molecule has 0 atom stereocenters. The van der Waals surface area contributed by atoms with Gasteiger partial charge in [0.05, 0.1) is 7.11 Å². The van der Waals surface area contributed by atoms with Gasteiger partial charge >= 0.3 is 5.97 Å². The first-order valence-electron chi connectivity index (χ1n) is 4.51. The molecule has 0 aliphatic carbocycles. The maximum Gasteiger partial charge on any atom is 0.325 e. The van der Waals surface area contributed by atoms with Crippen molar-refractivity contribution in [2.75, 3.05) is 19.0 Å². The summed E-state index contributed by atoms with van der Waals surface area (Å²) in [6.07, 6.45) is 0. The number of aryl methyl sites for hydroxylation is 2. The van der Waals surface area contributed by atoms with Crippen molar-refractivity contribution in [1.29, 1.82) is 0 Å². The summed E-state index contributed by atoms with van der Waals surface area (Å²) >= 11 is 0. The summed E-state index contributed by atoms with van der Waals surface area (Å²) in [4.78, 5) is 10.9. The number of hydrogen-bond donors (Lipinski definition) is 1. The fourth-order valence-electron chi connectivity index (χ4n) is 1.25. The van der Waals surface area contributed by atoms with Crippen molar-refractivity contribution in [1.82, 2.24) is 0 Å². The van der Waals surface area contributed by atoms with Crippen LogP contribution < -0.4 is 5.32 Å². The Labute approximate surface area is 84.1 Å². The molecular weight excluding hydrogens is 178 g/mol. The molecule has 0 radical (unpaired) electrons. The van der Waals surface area contributed by atoms with Crippen molar-refractivity contribution in [2.24, 2.45) is 0 Å². The molecule has 0 aromatic heterocycles. The average Bonchev–Trinajstić information content (AvgIpc) is 2.16. The van der Waals surface area contributed by atoms with Gasteiger partial charge in [-0.2, -0.15) is 0 Å². The quantitative estimate of drug-likeness (QED) is 0.745. The number of esters is 1. The lowest BCUT2D eigenvalue weighted by Crippen LogP contribution is -2.15. The highest BCUT2D eigenvalue weighted by Crippen LogP contribution is 2.15. The molecule has 3 nitrogen and oxygen atoms in total. The third-order valence-corrected chi connectivity index (χ3v) is 2.03. The van der Waals surface area contributed by atoms with Gasteiger partial charge < -0.3 is 10.1 Å². The van der Waals surface area contributed by atoms with E-state index in [1.807, 2.05) is 26.0 Å². The highest BCUT2D eigenvalue weighted by atomic mass is 16.5. The maximum atomic E-state index is 10.9. The van der Waals surface area contributed by atoms with Crippen LogP contribution in [0.3, 0.4) is 0 Å². The number of nitrogens with one attached hydrogen (secondary N) is 1. The number of ether oxygens (including phenoxy) is 1. The third-order valence-electron chi connectivity index (χ3n) is 2.03. The van der Waals surface area contributed by atoms with E-state index in [2.05, 4.69) is 16.1 Å². The molecule has 0 bridgehead atoms. The minimum absolute atomic E-state index is 0.209. The Kier molecular flexibility index (Phi) is 3.51. The number of carbonyl (C=O) groups is 1. The number of carbonyl (C=O) groups excluding carboxylic acids is 1. The van der Waals surface area contributed by atoms with Crippen LogP contribution in [0.25, 0.3) is 0 Å². The van der Waals surface area contributed by atoms with Crippen molar-refractivity contribution >= 4 is 11.7 Å². The number of rotatable bonds is 3. The van der Waals surface area contributed by atoms with Gasteiger partial charge in [-0.15, -0.1) is 0 Å². The second-order valence-electron chi connectivity index (χ2n) is 3.25. The molecule has 0 saturated heterocycles. The van der Waals surface area contributed by atoms with Crippen molar-refractivity contribution in [3.8, 4) is 0 Å². The molecule has 0 saturated carbocycles. The Balaban J connectivity index is 2.63. The molecular formula is C11H15NO2. The zero-order chi connectivity index (χ0) is 10.6. The Hall–Kier alpha value is -1.51. The van der Waals surface area contributed by atoms with Crippen LogP contribution >= 0.6 is 0 Å². The molecule has 0 unspecified atom stereocenters. The number of hydrogen-bond acceptors (Lipinski definition) is 3. The van der Waals surface area contributed by atoms with Crippen molar-refractivity contribution in [3.63, 3.8) is 0 Å². The molecule has 0 heterocycles. The monoisotopic (exact) mass is 193 g/mol. The predicted octanol–water partition coefficient (Wildman–Crippen LogP) is 1.89. The van der Waals surface area contributed by atoms with Crippen LogP contribution in [0.2, 0.25) is 0 Å². The van der Waals surface area contributed by atoms with Crippen molar-refractivity contribution < 1.29 is 9.53 Å². The van der Waals surface area contributed by atoms with Gasteiger partial charge in [0.2, 0.25) is 0 Å². The minimum Gasteiger partial charge on any atom is -0.468 e. The van der Waals surface area contributed by atoms with Crippen LogP contribution in [0.15, 0.2) is 18.2 Å². The largest absolute Gasteiger partial charge is 0.468 e. The van der Waals surface area contributed by atoms with Gasteiger partial charge in [0.15, 0.2) is 0 Å². The van der Waals surface area contributed by atoms with Crippen molar-refractivity contribution in [2.45, 2.75) is 13.8 Å². The Bertz CT molecular complexity index is 334. The second-order valence-corrected chi connectivity index (χ2v) is 3.25. The summed E-state index contributed by atoms with van der Waals surface area (Å²) in [5.41, 5.74) is 3.32. The molecule has 0 amide bonds. The molecule has 3 heteroatoms. The fourth-order valence-corrected chi connectivity index (χ4v) is 1.25. The van der Waals surface area contributed by atoms with Crippen molar-refractivity contribution in [3.05, 3.63) is 29.3 Å². The van der Waals surface area contributed by atoms with E-state index in [0.717, 1.165) is 11.3 Å². The fraction of sp³-hybridized carbons (Fsp3) is 0.364. The van der Waals surface area contributed by atoms with E-state index in [0.29, 0.717) is 0 Å². The summed E-state index contributed by atoms with van der Waals surface area (Å²) in [5, 5.41) is 3.02. The highest BCUT2D eigenvalue weighted by Gasteiger charge is 2.01. The van der Waals surface area contributed by atoms with Gasteiger partial charge in [0, 0.05) is 5.69 Å². The number of anilines is 1. The van der Waals surface area contributed by atoms with E-state index in [4.69, 9.17) is 0 Å². The second kappa shape index (κ2) is 4.65. The molecule has 1 aromatic rings. The summed E-state index contributed by atoms with van der Waals surface area (Å²) in [5.74, 6) is -0.259. The lowest BCUT2D eigenvalue weighted by Gasteiger charge is -2.08. The van der Waals surface area contributed by atoms with Crippen LogP contribution in [0.4, 0.5) is 5.69 Å². The number of methoxy groups -OCH3 is 1. The molecule has 0 fully saturated rings. The van der Waals surface area contributed by atoms with Gasteiger partial charge in [-0.05, 0) is 25.5 Å². The first kappa shape index (κ1) is 10.6. The first-order chi connectivity index (χ1) is 6.63. The zero-order valence-electron chi connectivity index (χ0n) is 8.76. The summed E-state index contributed by atoms with van der Waals surface area (Å²) < 4.78 is 4.53. The lowest BCUT2D eigenvalue weighted by molar-refractivity contribution is -0.138. The Morgan fingerprint density at radius 3 is 2.71 bits per heavy atom. The van der Waals surface area contributed by atoms with Gasteiger partial charge in [-0.25, -0.2) is 0 Å². The van der Waals surface area contributed by atoms with Gasteiger partial charge in [0.25, 0.3) is 0 Å². The topological polar surface area (TPSA) is 38.3 Å². The van der Waals surface area contributed by atoms with Crippen LogP contribution in [-0.4, -0.2) is 19.6 Å².